The van der Waals surface area contributed by atoms with E-state index in [4.69, 9.17) is 4.78 Å². The summed E-state index contributed by atoms with van der Waals surface area (Å²) in [6.07, 6.45) is 1.31. The summed E-state index contributed by atoms with van der Waals surface area (Å²) in [6, 6.07) is 11.3. The maximum atomic E-state index is 12.7. The quantitative estimate of drug-likeness (QED) is 0.894. The minimum Gasteiger partial charge on any atom is -0.478 e. The van der Waals surface area contributed by atoms with Crippen molar-refractivity contribution in [1.29, 1.82) is 4.78 Å². The highest BCUT2D eigenvalue weighted by Crippen LogP contribution is 2.27. The SMILES string of the molecule is CS(=N)(=O)c1cccc(C(=O)N2Cc3cccc(C(=O)O)c3C2)c1. The molecule has 24 heavy (non-hydrogen) atoms. The van der Waals surface area contributed by atoms with Crippen molar-refractivity contribution in [1.82, 2.24) is 4.90 Å². The van der Waals surface area contributed by atoms with Crippen LogP contribution in [0, 0.1) is 4.78 Å². The summed E-state index contributed by atoms with van der Waals surface area (Å²) in [5, 5.41) is 9.26. The number of hydrogen-bond acceptors (Lipinski definition) is 4. The lowest BCUT2D eigenvalue weighted by molar-refractivity contribution is 0.0688. The van der Waals surface area contributed by atoms with Crippen LogP contribution < -0.4 is 0 Å². The van der Waals surface area contributed by atoms with E-state index in [2.05, 4.69) is 0 Å². The van der Waals surface area contributed by atoms with E-state index in [0.717, 1.165) is 5.56 Å². The Balaban J connectivity index is 1.91. The Morgan fingerprint density at radius 3 is 2.54 bits per heavy atom. The third-order valence-corrected chi connectivity index (χ3v) is 5.19. The van der Waals surface area contributed by atoms with Crippen LogP contribution in [-0.2, 0) is 22.8 Å². The molecule has 1 atom stereocenters. The fourth-order valence-electron chi connectivity index (χ4n) is 2.82. The second-order valence-corrected chi connectivity index (χ2v) is 7.94. The third-order valence-electron chi connectivity index (χ3n) is 4.03. The summed E-state index contributed by atoms with van der Waals surface area (Å²) >= 11 is 0. The number of nitrogens with one attached hydrogen (secondary N) is 1. The van der Waals surface area contributed by atoms with Gasteiger partial charge < -0.3 is 10.0 Å². The molecular formula is C17H16N2O4S. The first-order valence-corrected chi connectivity index (χ1v) is 9.21. The molecule has 0 fully saturated rings. The van der Waals surface area contributed by atoms with E-state index in [1.807, 2.05) is 6.07 Å². The average Bonchev–Trinajstić information content (AvgIpc) is 2.97. The molecule has 0 aromatic heterocycles. The van der Waals surface area contributed by atoms with Crippen LogP contribution in [0.25, 0.3) is 0 Å². The molecule has 0 saturated carbocycles. The summed E-state index contributed by atoms with van der Waals surface area (Å²) in [7, 11) is -2.90. The molecule has 0 spiro atoms. The van der Waals surface area contributed by atoms with Crippen LogP contribution in [0.3, 0.4) is 0 Å². The smallest absolute Gasteiger partial charge is 0.336 e. The number of fused-ring (bicyclic) bond motifs is 1. The van der Waals surface area contributed by atoms with Crippen LogP contribution in [0.15, 0.2) is 47.4 Å². The Labute approximate surface area is 139 Å². The van der Waals surface area contributed by atoms with E-state index in [9.17, 15) is 18.9 Å². The fraction of sp³-hybridized carbons (Fsp3) is 0.176. The van der Waals surface area contributed by atoms with Gasteiger partial charge in [-0.3, -0.25) is 4.79 Å². The highest BCUT2D eigenvalue weighted by Gasteiger charge is 2.28. The Kier molecular flexibility index (Phi) is 3.88. The predicted molar refractivity (Wildman–Crippen MR) is 88.5 cm³/mol. The highest BCUT2D eigenvalue weighted by atomic mass is 32.2. The first-order chi connectivity index (χ1) is 11.3. The average molecular weight is 344 g/mol. The van der Waals surface area contributed by atoms with Gasteiger partial charge in [0.05, 0.1) is 15.3 Å². The monoisotopic (exact) mass is 344 g/mol. The van der Waals surface area contributed by atoms with Gasteiger partial charge in [-0.15, -0.1) is 0 Å². The maximum Gasteiger partial charge on any atom is 0.336 e. The lowest BCUT2D eigenvalue weighted by Crippen LogP contribution is -2.25. The summed E-state index contributed by atoms with van der Waals surface area (Å²) in [5.41, 5.74) is 2.02. The van der Waals surface area contributed by atoms with Gasteiger partial charge in [-0.25, -0.2) is 13.8 Å². The minimum absolute atomic E-state index is 0.208. The minimum atomic E-state index is -2.90. The fourth-order valence-corrected chi connectivity index (χ4v) is 3.51. The van der Waals surface area contributed by atoms with E-state index in [1.165, 1.54) is 18.4 Å². The number of benzene rings is 2. The molecule has 1 heterocycles. The van der Waals surface area contributed by atoms with Crippen molar-refractivity contribution in [2.24, 2.45) is 0 Å². The number of carbonyl (C=O) groups is 2. The predicted octanol–water partition coefficient (Wildman–Crippen LogP) is 2.58. The Bertz CT molecular complexity index is 951. The van der Waals surface area contributed by atoms with E-state index < -0.39 is 15.7 Å². The van der Waals surface area contributed by atoms with Crippen molar-refractivity contribution in [3.63, 3.8) is 0 Å². The zero-order valence-corrected chi connectivity index (χ0v) is 13.8. The number of nitrogens with zero attached hydrogens (tertiary/aromatic N) is 1. The molecule has 0 aliphatic carbocycles. The number of rotatable bonds is 3. The van der Waals surface area contributed by atoms with Gasteiger partial charge in [-0.1, -0.05) is 18.2 Å². The van der Waals surface area contributed by atoms with Gasteiger partial charge in [0.2, 0.25) is 0 Å². The summed E-state index contributed by atoms with van der Waals surface area (Å²) < 4.78 is 19.5. The lowest BCUT2D eigenvalue weighted by atomic mass is 10.0. The van der Waals surface area contributed by atoms with E-state index in [-0.39, 0.29) is 18.0 Å². The van der Waals surface area contributed by atoms with Gasteiger partial charge in [0, 0.05) is 29.8 Å². The number of hydrogen-bond donors (Lipinski definition) is 2. The highest BCUT2D eigenvalue weighted by molar-refractivity contribution is 7.91. The maximum absolute atomic E-state index is 12.7. The van der Waals surface area contributed by atoms with Gasteiger partial charge in [-0.05, 0) is 35.4 Å². The van der Waals surface area contributed by atoms with Crippen molar-refractivity contribution in [3.05, 3.63) is 64.7 Å². The number of aromatic carboxylic acids is 1. The van der Waals surface area contributed by atoms with Crippen LogP contribution in [0.5, 0.6) is 0 Å². The van der Waals surface area contributed by atoms with Crippen LogP contribution >= 0.6 is 0 Å². The Morgan fingerprint density at radius 2 is 1.88 bits per heavy atom. The summed E-state index contributed by atoms with van der Waals surface area (Å²) in [5.74, 6) is -1.28. The summed E-state index contributed by atoms with van der Waals surface area (Å²) in [6.45, 7) is 0.561. The van der Waals surface area contributed by atoms with Crippen molar-refractivity contribution < 1.29 is 18.9 Å². The van der Waals surface area contributed by atoms with Crippen molar-refractivity contribution in [2.45, 2.75) is 18.0 Å². The molecule has 1 unspecified atom stereocenters. The number of carbonyl (C=O) groups excluding carboxylic acids is 1. The zero-order valence-electron chi connectivity index (χ0n) is 13.0. The van der Waals surface area contributed by atoms with E-state index >= 15 is 0 Å². The second-order valence-electron chi connectivity index (χ2n) is 5.78. The topological polar surface area (TPSA) is 98.5 Å². The molecule has 0 bridgehead atoms. The van der Waals surface area contributed by atoms with Crippen molar-refractivity contribution in [3.8, 4) is 0 Å². The Hall–Kier alpha value is -2.67. The first-order valence-electron chi connectivity index (χ1n) is 7.24. The molecule has 2 N–H and O–H groups in total. The zero-order chi connectivity index (χ0) is 17.5. The largest absolute Gasteiger partial charge is 0.478 e. The van der Waals surface area contributed by atoms with E-state index in [1.54, 1.807) is 29.2 Å². The van der Waals surface area contributed by atoms with Gasteiger partial charge in [0.1, 0.15) is 0 Å². The molecule has 2 aromatic carbocycles. The van der Waals surface area contributed by atoms with Crippen LogP contribution in [-0.4, -0.2) is 32.3 Å². The number of carboxylic acid groups (broad SMARTS) is 1. The molecule has 6 nitrogen and oxygen atoms in total. The standard InChI is InChI=1S/C17H16N2O4S/c1-24(18,23)13-6-2-4-11(8-13)16(20)19-9-12-5-3-7-14(17(21)22)15(12)10-19/h2-8,18H,9-10H2,1H3,(H,21,22). The van der Waals surface area contributed by atoms with Crippen LogP contribution in [0.4, 0.5) is 0 Å². The van der Waals surface area contributed by atoms with Gasteiger partial charge >= 0.3 is 5.97 Å². The van der Waals surface area contributed by atoms with Crippen molar-refractivity contribution >= 4 is 21.6 Å². The number of carboxylic acids is 1. The molecule has 2 aromatic rings. The molecule has 0 saturated heterocycles. The van der Waals surface area contributed by atoms with Crippen LogP contribution in [0.1, 0.15) is 31.8 Å². The van der Waals surface area contributed by atoms with Gasteiger partial charge in [0.15, 0.2) is 0 Å². The summed E-state index contributed by atoms with van der Waals surface area (Å²) in [4.78, 5) is 25.9. The van der Waals surface area contributed by atoms with Gasteiger partial charge in [0.25, 0.3) is 5.91 Å². The van der Waals surface area contributed by atoms with Gasteiger partial charge in [-0.2, -0.15) is 0 Å². The lowest BCUT2D eigenvalue weighted by Gasteiger charge is -2.16. The van der Waals surface area contributed by atoms with Crippen LogP contribution in [0.2, 0.25) is 0 Å². The number of amides is 1. The second kappa shape index (κ2) is 5.76. The molecular weight excluding hydrogens is 328 g/mol. The van der Waals surface area contributed by atoms with Crippen molar-refractivity contribution in [2.75, 3.05) is 6.26 Å². The molecule has 1 amide bonds. The molecule has 1 aliphatic rings. The first kappa shape index (κ1) is 16.2. The Morgan fingerprint density at radius 1 is 1.17 bits per heavy atom. The normalized spacial score (nSPS) is 15.6. The molecule has 1 aliphatic heterocycles. The molecule has 7 heteroatoms. The molecule has 124 valence electrons. The third kappa shape index (κ3) is 2.90. The molecule has 0 radical (unpaired) electrons. The van der Waals surface area contributed by atoms with E-state index in [0.29, 0.717) is 22.6 Å². The molecule has 3 rings (SSSR count).